The lowest BCUT2D eigenvalue weighted by atomic mass is 10.0. The van der Waals surface area contributed by atoms with Crippen LogP contribution in [0.15, 0.2) is 47.7 Å². The SMILES string of the molecule is C/C=C(\C=C/C(I)OC)N(CCCCCC)CC1=CCC(OC)C=C1. The molecule has 1 aliphatic carbocycles. The van der Waals surface area contributed by atoms with Crippen LogP contribution in [0.25, 0.3) is 0 Å². The van der Waals surface area contributed by atoms with Gasteiger partial charge in [-0.05, 0) is 60.1 Å². The second kappa shape index (κ2) is 13.6. The number of rotatable bonds is 12. The van der Waals surface area contributed by atoms with Gasteiger partial charge in [0.25, 0.3) is 0 Å². The highest BCUT2D eigenvalue weighted by Gasteiger charge is 2.12. The first-order valence-corrected chi connectivity index (χ1v) is 10.6. The molecule has 0 bridgehead atoms. The molecule has 2 unspecified atom stereocenters. The molecule has 1 aliphatic rings. The van der Waals surface area contributed by atoms with E-state index in [1.54, 1.807) is 14.2 Å². The topological polar surface area (TPSA) is 21.7 Å². The molecule has 0 aromatic rings. The van der Waals surface area contributed by atoms with E-state index in [2.05, 4.69) is 77.8 Å². The number of hydrogen-bond acceptors (Lipinski definition) is 3. The number of hydrogen-bond donors (Lipinski definition) is 0. The minimum atomic E-state index is 0.103. The van der Waals surface area contributed by atoms with Gasteiger partial charge in [-0.2, -0.15) is 0 Å². The Kier molecular flexibility index (Phi) is 12.2. The summed E-state index contributed by atoms with van der Waals surface area (Å²) < 4.78 is 10.8. The summed E-state index contributed by atoms with van der Waals surface area (Å²) in [6.07, 6.45) is 19.5. The normalized spacial score (nSPS) is 19.3. The van der Waals surface area contributed by atoms with Crippen LogP contribution in [-0.4, -0.2) is 42.4 Å². The van der Waals surface area contributed by atoms with E-state index >= 15 is 0 Å². The van der Waals surface area contributed by atoms with Gasteiger partial charge in [-0.1, -0.05) is 50.5 Å². The molecule has 0 aromatic heterocycles. The van der Waals surface area contributed by atoms with Gasteiger partial charge in [0.05, 0.1) is 6.10 Å². The number of nitrogens with zero attached hydrogens (tertiary/aromatic N) is 1. The van der Waals surface area contributed by atoms with E-state index < -0.39 is 0 Å². The Bertz CT molecular complexity index is 482. The molecule has 0 radical (unpaired) electrons. The second-order valence-electron chi connectivity index (χ2n) is 6.29. The van der Waals surface area contributed by atoms with E-state index in [0.717, 1.165) is 19.5 Å². The summed E-state index contributed by atoms with van der Waals surface area (Å²) >= 11 is 2.29. The standard InChI is InChI=1S/C21H34INO2/c1-5-7-8-9-16-23(19(6-2)12-15-21(22)25-4)17-18-10-13-20(24-3)14-11-18/h6,10-13,15,20-21H,5,7-9,14,16-17H2,1-4H3/b15-12-,19-6+. The summed E-state index contributed by atoms with van der Waals surface area (Å²) in [7, 11) is 3.51. The molecule has 0 spiro atoms. The molecule has 0 saturated heterocycles. The minimum Gasteiger partial charge on any atom is -0.377 e. The summed E-state index contributed by atoms with van der Waals surface area (Å²) in [5.41, 5.74) is 2.63. The van der Waals surface area contributed by atoms with Crippen LogP contribution in [0.4, 0.5) is 0 Å². The predicted molar refractivity (Wildman–Crippen MR) is 116 cm³/mol. The van der Waals surface area contributed by atoms with E-state index in [1.165, 1.54) is 37.0 Å². The van der Waals surface area contributed by atoms with Crippen molar-refractivity contribution in [3.63, 3.8) is 0 Å². The van der Waals surface area contributed by atoms with Crippen molar-refractivity contribution in [2.45, 2.75) is 56.2 Å². The molecular formula is C21H34INO2. The van der Waals surface area contributed by atoms with Crippen LogP contribution in [0.1, 0.15) is 46.0 Å². The third-order valence-corrected chi connectivity index (χ3v) is 5.32. The lowest BCUT2D eigenvalue weighted by Gasteiger charge is -2.28. The molecule has 0 heterocycles. The van der Waals surface area contributed by atoms with Crippen LogP contribution >= 0.6 is 22.6 Å². The molecular weight excluding hydrogens is 425 g/mol. The van der Waals surface area contributed by atoms with Gasteiger partial charge < -0.3 is 14.4 Å². The van der Waals surface area contributed by atoms with Crippen LogP contribution in [0.2, 0.25) is 0 Å². The van der Waals surface area contributed by atoms with Crippen LogP contribution in [0.5, 0.6) is 0 Å². The number of halogens is 1. The van der Waals surface area contributed by atoms with E-state index in [0.29, 0.717) is 0 Å². The third-order valence-electron chi connectivity index (χ3n) is 4.40. The van der Waals surface area contributed by atoms with Crippen molar-refractivity contribution < 1.29 is 9.47 Å². The van der Waals surface area contributed by atoms with Crippen LogP contribution in [0.3, 0.4) is 0 Å². The largest absolute Gasteiger partial charge is 0.377 e. The average molecular weight is 459 g/mol. The molecule has 3 nitrogen and oxygen atoms in total. The van der Waals surface area contributed by atoms with Gasteiger partial charge in [0.1, 0.15) is 4.11 Å². The lowest BCUT2D eigenvalue weighted by molar-refractivity contribution is 0.142. The molecule has 0 aliphatic heterocycles. The van der Waals surface area contributed by atoms with Crippen molar-refractivity contribution in [3.05, 3.63) is 47.7 Å². The molecule has 0 saturated carbocycles. The van der Waals surface area contributed by atoms with E-state index in [1.807, 2.05) is 0 Å². The molecule has 0 aromatic carbocycles. The van der Waals surface area contributed by atoms with Gasteiger partial charge in [-0.3, -0.25) is 0 Å². The van der Waals surface area contributed by atoms with Crippen molar-refractivity contribution in [1.82, 2.24) is 4.90 Å². The van der Waals surface area contributed by atoms with Gasteiger partial charge in [-0.25, -0.2) is 0 Å². The lowest BCUT2D eigenvalue weighted by Crippen LogP contribution is -2.26. The number of unbranched alkanes of at least 4 members (excludes halogenated alkanes) is 3. The molecule has 4 heteroatoms. The zero-order valence-corrected chi connectivity index (χ0v) is 18.4. The third kappa shape index (κ3) is 9.06. The van der Waals surface area contributed by atoms with Crippen molar-refractivity contribution in [1.29, 1.82) is 0 Å². The molecule has 25 heavy (non-hydrogen) atoms. The van der Waals surface area contributed by atoms with E-state index in [-0.39, 0.29) is 10.2 Å². The van der Waals surface area contributed by atoms with Crippen molar-refractivity contribution >= 4 is 22.6 Å². The van der Waals surface area contributed by atoms with Gasteiger partial charge in [0.15, 0.2) is 0 Å². The fourth-order valence-corrected chi connectivity index (χ4v) is 3.03. The Balaban J connectivity index is 2.75. The summed E-state index contributed by atoms with van der Waals surface area (Å²) in [6.45, 7) is 6.40. The fourth-order valence-electron chi connectivity index (χ4n) is 2.82. The van der Waals surface area contributed by atoms with E-state index in [9.17, 15) is 0 Å². The quantitative estimate of drug-likeness (QED) is 0.163. The highest BCUT2D eigenvalue weighted by Crippen LogP contribution is 2.18. The maximum atomic E-state index is 5.40. The van der Waals surface area contributed by atoms with Gasteiger partial charge in [-0.15, -0.1) is 0 Å². The van der Waals surface area contributed by atoms with Gasteiger partial charge in [0.2, 0.25) is 0 Å². The maximum absolute atomic E-state index is 5.40. The number of alkyl halides is 1. The highest BCUT2D eigenvalue weighted by atomic mass is 127. The van der Waals surface area contributed by atoms with Crippen LogP contribution < -0.4 is 0 Å². The molecule has 1 rings (SSSR count). The summed E-state index contributed by atoms with van der Waals surface area (Å²) in [5, 5.41) is 0. The van der Waals surface area contributed by atoms with Crippen molar-refractivity contribution in [3.8, 4) is 0 Å². The second-order valence-corrected chi connectivity index (χ2v) is 7.52. The highest BCUT2D eigenvalue weighted by molar-refractivity contribution is 14.1. The monoisotopic (exact) mass is 459 g/mol. The first-order chi connectivity index (χ1) is 12.1. The Morgan fingerprint density at radius 1 is 1.36 bits per heavy atom. The van der Waals surface area contributed by atoms with Crippen molar-refractivity contribution in [2.75, 3.05) is 27.3 Å². The predicted octanol–water partition coefficient (Wildman–Crippen LogP) is 5.64. The van der Waals surface area contributed by atoms with Crippen molar-refractivity contribution in [2.24, 2.45) is 0 Å². The molecule has 142 valence electrons. The Morgan fingerprint density at radius 3 is 2.72 bits per heavy atom. The fraction of sp³-hybridized carbons (Fsp3) is 0.619. The molecule has 0 fully saturated rings. The van der Waals surface area contributed by atoms with Crippen LogP contribution in [-0.2, 0) is 9.47 Å². The maximum Gasteiger partial charge on any atom is 0.126 e. The minimum absolute atomic E-state index is 0.103. The smallest absolute Gasteiger partial charge is 0.126 e. The Morgan fingerprint density at radius 2 is 2.16 bits per heavy atom. The first kappa shape index (κ1) is 22.5. The Hall–Kier alpha value is -0.590. The molecule has 0 N–H and O–H groups in total. The summed E-state index contributed by atoms with van der Waals surface area (Å²) in [5.74, 6) is 0. The summed E-state index contributed by atoms with van der Waals surface area (Å²) in [4.78, 5) is 2.48. The number of allylic oxidation sites excluding steroid dienone is 2. The summed E-state index contributed by atoms with van der Waals surface area (Å²) in [6, 6.07) is 0. The average Bonchev–Trinajstić information content (AvgIpc) is 2.65. The van der Waals surface area contributed by atoms with Gasteiger partial charge in [0, 0.05) is 33.0 Å². The zero-order chi connectivity index (χ0) is 18.5. The van der Waals surface area contributed by atoms with Crippen LogP contribution in [0, 0.1) is 0 Å². The van der Waals surface area contributed by atoms with E-state index in [4.69, 9.17) is 9.47 Å². The Labute approximate surface area is 168 Å². The van der Waals surface area contributed by atoms with Gasteiger partial charge >= 0.3 is 0 Å². The number of ether oxygens (including phenoxy) is 2. The number of methoxy groups -OCH3 is 2. The zero-order valence-electron chi connectivity index (χ0n) is 16.2. The molecule has 0 amide bonds. The first-order valence-electron chi connectivity index (χ1n) is 9.30. The molecule has 2 atom stereocenters.